The van der Waals surface area contributed by atoms with Crippen LogP contribution < -0.4 is 5.73 Å². The fourth-order valence-electron chi connectivity index (χ4n) is 1.92. The van der Waals surface area contributed by atoms with Crippen molar-refractivity contribution in [2.75, 3.05) is 0 Å². The van der Waals surface area contributed by atoms with E-state index in [1.54, 1.807) is 0 Å². The highest BCUT2D eigenvalue weighted by Crippen LogP contribution is 2.07. The van der Waals surface area contributed by atoms with Crippen LogP contribution in [0.15, 0.2) is 36.5 Å². The number of carbonyl (C=O) groups is 1. The summed E-state index contributed by atoms with van der Waals surface area (Å²) < 4.78 is 0. The van der Waals surface area contributed by atoms with Crippen LogP contribution in [0, 0.1) is 0 Å². The van der Waals surface area contributed by atoms with Crippen LogP contribution in [-0.2, 0) is 4.79 Å². The summed E-state index contributed by atoms with van der Waals surface area (Å²) in [5, 5.41) is 0. The molecule has 0 radical (unpaired) electrons. The molecule has 0 spiro atoms. The monoisotopic (exact) mass is 277 g/mol. The molecule has 0 aliphatic heterocycles. The van der Waals surface area contributed by atoms with Crippen molar-refractivity contribution in [1.29, 1.82) is 0 Å². The topological polar surface area (TPSA) is 43.1 Å². The quantitative estimate of drug-likeness (QED) is 0.371. The second-order valence-electron chi connectivity index (χ2n) is 5.07. The van der Waals surface area contributed by atoms with Gasteiger partial charge in [0.05, 0.1) is 0 Å². The molecule has 0 aromatic rings. The Morgan fingerprint density at radius 2 is 1.35 bits per heavy atom. The molecule has 0 unspecified atom stereocenters. The number of hydrogen-bond donors (Lipinski definition) is 1. The molecule has 0 heterocycles. The minimum absolute atomic E-state index is 0.175. The minimum atomic E-state index is -0.175. The van der Waals surface area contributed by atoms with Gasteiger partial charge >= 0.3 is 0 Å². The predicted molar refractivity (Wildman–Crippen MR) is 88.5 cm³/mol. The summed E-state index contributed by atoms with van der Waals surface area (Å²) in [5.41, 5.74) is 5.09. The molecular weight excluding hydrogens is 246 g/mol. The molecule has 2 nitrogen and oxygen atoms in total. The Hall–Kier alpha value is -1.31. The van der Waals surface area contributed by atoms with Gasteiger partial charge in [0.25, 0.3) is 0 Å². The van der Waals surface area contributed by atoms with Crippen LogP contribution in [0.5, 0.6) is 0 Å². The first-order chi connectivity index (χ1) is 9.77. The zero-order chi connectivity index (χ0) is 14.9. The zero-order valence-electron chi connectivity index (χ0n) is 13.0. The van der Waals surface area contributed by atoms with Gasteiger partial charge in [-0.05, 0) is 38.5 Å². The number of amides is 1. The van der Waals surface area contributed by atoms with Crippen LogP contribution in [0.2, 0.25) is 0 Å². The van der Waals surface area contributed by atoms with E-state index in [0.29, 0.717) is 6.42 Å². The van der Waals surface area contributed by atoms with E-state index < -0.39 is 0 Å². The number of carbonyl (C=O) groups excluding carboxylic acids is 1. The normalized spacial score (nSPS) is 12.1. The highest BCUT2D eigenvalue weighted by molar-refractivity contribution is 5.73. The molecule has 0 saturated heterocycles. The Bertz CT molecular complexity index is 303. The van der Waals surface area contributed by atoms with Crippen LogP contribution in [-0.4, -0.2) is 5.91 Å². The average Bonchev–Trinajstić information content (AvgIpc) is 2.43. The standard InChI is InChI=1S/C18H31NO/c1-2-3-4-5-6-7-8-9-10-11-12-13-14-15-16-17-18(19)20/h3-4,6-7,9-10H,2,5,8,11-17H2,1H3,(H2,19,20)/b4-3-,7-6-,10-9-. The van der Waals surface area contributed by atoms with Gasteiger partial charge in [-0.25, -0.2) is 0 Å². The van der Waals surface area contributed by atoms with Gasteiger partial charge in [0.1, 0.15) is 0 Å². The number of rotatable bonds is 13. The first-order valence-corrected chi connectivity index (χ1v) is 8.00. The molecular formula is C18H31NO. The van der Waals surface area contributed by atoms with E-state index in [9.17, 15) is 4.79 Å². The maximum absolute atomic E-state index is 10.5. The number of unbranched alkanes of at least 4 members (excludes halogenated alkanes) is 5. The van der Waals surface area contributed by atoms with Gasteiger partial charge in [-0.15, -0.1) is 0 Å². The van der Waals surface area contributed by atoms with Crippen LogP contribution >= 0.6 is 0 Å². The molecule has 0 aliphatic rings. The van der Waals surface area contributed by atoms with E-state index in [1.165, 1.54) is 25.7 Å². The molecule has 0 bridgehead atoms. The lowest BCUT2D eigenvalue weighted by Gasteiger charge is -1.98. The summed E-state index contributed by atoms with van der Waals surface area (Å²) in [5.74, 6) is -0.175. The summed E-state index contributed by atoms with van der Waals surface area (Å²) in [7, 11) is 0. The van der Waals surface area contributed by atoms with Crippen molar-refractivity contribution >= 4 is 5.91 Å². The van der Waals surface area contributed by atoms with Crippen LogP contribution in [0.25, 0.3) is 0 Å². The molecule has 2 heteroatoms. The molecule has 114 valence electrons. The summed E-state index contributed by atoms with van der Waals surface area (Å²) >= 11 is 0. The van der Waals surface area contributed by atoms with E-state index in [0.717, 1.165) is 32.1 Å². The Morgan fingerprint density at radius 1 is 0.800 bits per heavy atom. The Labute approximate surface area is 124 Å². The van der Waals surface area contributed by atoms with Crippen LogP contribution in [0.3, 0.4) is 0 Å². The van der Waals surface area contributed by atoms with Gasteiger partial charge in [-0.3, -0.25) is 4.79 Å². The van der Waals surface area contributed by atoms with E-state index in [2.05, 4.69) is 43.4 Å². The van der Waals surface area contributed by atoms with Crippen molar-refractivity contribution < 1.29 is 4.79 Å². The van der Waals surface area contributed by atoms with Gasteiger partial charge < -0.3 is 5.73 Å². The third kappa shape index (κ3) is 16.7. The van der Waals surface area contributed by atoms with Crippen molar-refractivity contribution in [1.82, 2.24) is 0 Å². The molecule has 0 atom stereocenters. The summed E-state index contributed by atoms with van der Waals surface area (Å²) in [6, 6.07) is 0. The van der Waals surface area contributed by atoms with Gasteiger partial charge in [0.2, 0.25) is 5.91 Å². The third-order valence-electron chi connectivity index (χ3n) is 3.07. The molecule has 1 amide bonds. The van der Waals surface area contributed by atoms with E-state index in [-0.39, 0.29) is 5.91 Å². The van der Waals surface area contributed by atoms with Gasteiger partial charge in [-0.1, -0.05) is 62.6 Å². The maximum Gasteiger partial charge on any atom is 0.217 e. The predicted octanol–water partition coefficient (Wildman–Crippen LogP) is 5.06. The van der Waals surface area contributed by atoms with Crippen molar-refractivity contribution in [3.63, 3.8) is 0 Å². The van der Waals surface area contributed by atoms with Crippen LogP contribution in [0.4, 0.5) is 0 Å². The first kappa shape index (κ1) is 18.7. The number of allylic oxidation sites excluding steroid dienone is 6. The van der Waals surface area contributed by atoms with Gasteiger partial charge in [0.15, 0.2) is 0 Å². The zero-order valence-corrected chi connectivity index (χ0v) is 13.0. The summed E-state index contributed by atoms with van der Waals surface area (Å²) in [6.45, 7) is 2.15. The third-order valence-corrected chi connectivity index (χ3v) is 3.07. The second-order valence-corrected chi connectivity index (χ2v) is 5.07. The lowest BCUT2D eigenvalue weighted by atomic mass is 10.1. The van der Waals surface area contributed by atoms with E-state index in [1.807, 2.05) is 0 Å². The molecule has 0 aliphatic carbocycles. The molecule has 0 saturated carbocycles. The largest absolute Gasteiger partial charge is 0.370 e. The molecule has 20 heavy (non-hydrogen) atoms. The lowest BCUT2D eigenvalue weighted by molar-refractivity contribution is -0.118. The van der Waals surface area contributed by atoms with Gasteiger partial charge in [-0.2, -0.15) is 0 Å². The molecule has 0 aromatic carbocycles. The number of nitrogens with two attached hydrogens (primary N) is 1. The molecule has 0 rings (SSSR count). The smallest absolute Gasteiger partial charge is 0.217 e. The second kappa shape index (κ2) is 15.7. The van der Waals surface area contributed by atoms with Crippen molar-refractivity contribution in [2.24, 2.45) is 5.73 Å². The molecule has 2 N–H and O–H groups in total. The summed E-state index contributed by atoms with van der Waals surface area (Å²) in [4.78, 5) is 10.5. The number of primary amides is 1. The highest BCUT2D eigenvalue weighted by atomic mass is 16.1. The van der Waals surface area contributed by atoms with Crippen molar-refractivity contribution in [3.05, 3.63) is 36.5 Å². The van der Waals surface area contributed by atoms with Crippen LogP contribution in [0.1, 0.15) is 71.1 Å². The maximum atomic E-state index is 10.5. The average molecular weight is 277 g/mol. The van der Waals surface area contributed by atoms with E-state index in [4.69, 9.17) is 5.73 Å². The van der Waals surface area contributed by atoms with E-state index >= 15 is 0 Å². The Morgan fingerprint density at radius 3 is 2.00 bits per heavy atom. The SMILES string of the molecule is CC/C=C\C/C=C\C/C=C\CCCCCCCC(N)=O. The Kier molecular flexibility index (Phi) is 14.7. The lowest BCUT2D eigenvalue weighted by Crippen LogP contribution is -2.09. The fraction of sp³-hybridized carbons (Fsp3) is 0.611. The highest BCUT2D eigenvalue weighted by Gasteiger charge is 1.94. The Balaban J connectivity index is 3.23. The van der Waals surface area contributed by atoms with Crippen molar-refractivity contribution in [3.8, 4) is 0 Å². The minimum Gasteiger partial charge on any atom is -0.370 e. The molecule has 0 fully saturated rings. The van der Waals surface area contributed by atoms with Gasteiger partial charge in [0, 0.05) is 6.42 Å². The summed E-state index contributed by atoms with van der Waals surface area (Å²) in [6.07, 6.45) is 24.1. The van der Waals surface area contributed by atoms with Crippen molar-refractivity contribution in [2.45, 2.75) is 71.1 Å². The molecule has 0 aromatic heterocycles. The first-order valence-electron chi connectivity index (χ1n) is 8.00. The number of hydrogen-bond acceptors (Lipinski definition) is 1. The fourth-order valence-corrected chi connectivity index (χ4v) is 1.92.